The number of hydrogen-bond donors (Lipinski definition) is 1. The Morgan fingerprint density at radius 3 is 2.69 bits per heavy atom. The van der Waals surface area contributed by atoms with Crippen molar-refractivity contribution in [3.8, 4) is 0 Å². The molecule has 1 aliphatic heterocycles. The van der Waals surface area contributed by atoms with Crippen molar-refractivity contribution in [1.29, 1.82) is 0 Å². The summed E-state index contributed by atoms with van der Waals surface area (Å²) < 4.78 is 10.6. The van der Waals surface area contributed by atoms with Crippen molar-refractivity contribution < 1.29 is 24.2 Å². The summed E-state index contributed by atoms with van der Waals surface area (Å²) in [7, 11) is 0. The van der Waals surface area contributed by atoms with E-state index < -0.39 is 18.3 Å². The monoisotopic (exact) mass is 361 g/mol. The van der Waals surface area contributed by atoms with E-state index in [0.29, 0.717) is 19.8 Å². The average molecular weight is 361 g/mol. The highest BCUT2D eigenvalue weighted by molar-refractivity contribution is 5.80. The van der Waals surface area contributed by atoms with Crippen LogP contribution in [-0.2, 0) is 25.7 Å². The maximum atomic E-state index is 12.1. The fourth-order valence-corrected chi connectivity index (χ4v) is 2.92. The van der Waals surface area contributed by atoms with Crippen molar-refractivity contribution in [3.63, 3.8) is 0 Å². The van der Waals surface area contributed by atoms with Crippen LogP contribution in [0.3, 0.4) is 0 Å². The minimum Gasteiger partial charge on any atom is -0.457 e. The third kappa shape index (κ3) is 5.97. The molecule has 26 heavy (non-hydrogen) atoms. The van der Waals surface area contributed by atoms with Gasteiger partial charge in [0.05, 0.1) is 19.6 Å². The Bertz CT molecular complexity index is 641. The van der Waals surface area contributed by atoms with Crippen LogP contribution >= 0.6 is 0 Å². The molecule has 1 fully saturated rings. The number of aliphatic hydroxyl groups is 1. The molecule has 1 unspecified atom stereocenters. The van der Waals surface area contributed by atoms with Crippen LogP contribution in [0.15, 0.2) is 42.5 Å². The number of ether oxygens (including phenoxy) is 2. The molecule has 2 atom stereocenters. The molecule has 0 aliphatic carbocycles. The molecular formula is C20H27NO5. The van der Waals surface area contributed by atoms with Crippen molar-refractivity contribution in [2.45, 2.75) is 46.1 Å². The molecule has 1 amide bonds. The first-order valence-corrected chi connectivity index (χ1v) is 8.72. The zero-order valence-electron chi connectivity index (χ0n) is 15.6. The lowest BCUT2D eigenvalue weighted by molar-refractivity contribution is -0.155. The van der Waals surface area contributed by atoms with Gasteiger partial charge < -0.3 is 19.5 Å². The van der Waals surface area contributed by atoms with Gasteiger partial charge in [-0.2, -0.15) is 0 Å². The summed E-state index contributed by atoms with van der Waals surface area (Å²) in [4.78, 5) is 24.5. The fraction of sp³-hybridized carbons (Fsp3) is 0.500. The molecule has 0 saturated carbocycles. The predicted octanol–water partition coefficient (Wildman–Crippen LogP) is 2.27. The highest BCUT2D eigenvalue weighted by Gasteiger charge is 2.42. The van der Waals surface area contributed by atoms with Crippen LogP contribution in [0.4, 0.5) is 0 Å². The van der Waals surface area contributed by atoms with E-state index in [2.05, 4.69) is 0 Å². The van der Waals surface area contributed by atoms with E-state index in [1.165, 1.54) is 11.8 Å². The summed E-state index contributed by atoms with van der Waals surface area (Å²) in [5, 5.41) is 10.2. The predicted molar refractivity (Wildman–Crippen MR) is 96.9 cm³/mol. The lowest BCUT2D eigenvalue weighted by atomic mass is 9.92. The molecule has 1 aromatic rings. The number of hydrogen-bond acceptors (Lipinski definition) is 5. The van der Waals surface area contributed by atoms with Gasteiger partial charge in [0.25, 0.3) is 0 Å². The van der Waals surface area contributed by atoms with Crippen LogP contribution in [-0.4, -0.2) is 47.4 Å². The van der Waals surface area contributed by atoms with E-state index in [-0.39, 0.29) is 17.7 Å². The molecule has 1 N–H and O–H groups in total. The summed E-state index contributed by atoms with van der Waals surface area (Å²) >= 11 is 0. The largest absolute Gasteiger partial charge is 0.457 e. The molecule has 1 aliphatic rings. The normalized spacial score (nSPS) is 20.8. The Hall–Kier alpha value is -2.18. The Morgan fingerprint density at radius 1 is 1.35 bits per heavy atom. The van der Waals surface area contributed by atoms with Gasteiger partial charge >= 0.3 is 5.97 Å². The van der Waals surface area contributed by atoms with E-state index in [1.54, 1.807) is 0 Å². The Morgan fingerprint density at radius 2 is 2.04 bits per heavy atom. The molecular weight excluding hydrogens is 334 g/mol. The summed E-state index contributed by atoms with van der Waals surface area (Å²) in [5.74, 6) is -0.719. The number of nitrogens with zero attached hydrogens (tertiary/aromatic N) is 1. The standard InChI is InChI=1S/C20H27NO5/c1-15(22)26-17-12-18(23)21(19(17)24)14-20(2,3)10-7-11-25-13-16-8-5-4-6-9-16/h4-10,17,19,24H,11-14H2,1-3H3/b10-7+/t17-,19?/m1/s1. The molecule has 6 nitrogen and oxygen atoms in total. The van der Waals surface area contributed by atoms with Crippen LogP contribution in [0.5, 0.6) is 0 Å². The molecule has 142 valence electrons. The lowest BCUT2D eigenvalue weighted by Gasteiger charge is -2.30. The van der Waals surface area contributed by atoms with Crippen molar-refractivity contribution in [3.05, 3.63) is 48.0 Å². The van der Waals surface area contributed by atoms with E-state index in [1.807, 2.05) is 56.3 Å². The number of amides is 1. The third-order valence-electron chi connectivity index (χ3n) is 4.14. The number of aliphatic hydroxyl groups excluding tert-OH is 1. The van der Waals surface area contributed by atoms with Gasteiger partial charge in [0.1, 0.15) is 0 Å². The number of esters is 1. The number of benzene rings is 1. The molecule has 0 aromatic heterocycles. The molecule has 1 saturated heterocycles. The summed E-state index contributed by atoms with van der Waals surface area (Å²) in [5.41, 5.74) is 0.764. The van der Waals surface area contributed by atoms with E-state index in [9.17, 15) is 14.7 Å². The van der Waals surface area contributed by atoms with Crippen molar-refractivity contribution >= 4 is 11.9 Å². The lowest BCUT2D eigenvalue weighted by Crippen LogP contribution is -2.43. The van der Waals surface area contributed by atoms with E-state index >= 15 is 0 Å². The first kappa shape index (κ1) is 20.1. The zero-order valence-corrected chi connectivity index (χ0v) is 15.6. The fourth-order valence-electron chi connectivity index (χ4n) is 2.92. The molecule has 1 heterocycles. The smallest absolute Gasteiger partial charge is 0.303 e. The van der Waals surface area contributed by atoms with Crippen LogP contribution in [0.1, 0.15) is 32.8 Å². The van der Waals surface area contributed by atoms with E-state index in [4.69, 9.17) is 9.47 Å². The summed E-state index contributed by atoms with van der Waals surface area (Å²) in [6.07, 6.45) is 2.00. The zero-order chi connectivity index (χ0) is 19.2. The van der Waals surface area contributed by atoms with Gasteiger partial charge in [-0.15, -0.1) is 0 Å². The first-order valence-electron chi connectivity index (χ1n) is 8.72. The minimum atomic E-state index is -1.10. The highest BCUT2D eigenvalue weighted by Crippen LogP contribution is 2.27. The number of carbonyl (C=O) groups is 2. The van der Waals surface area contributed by atoms with Crippen LogP contribution in [0.25, 0.3) is 0 Å². The summed E-state index contributed by atoms with van der Waals surface area (Å²) in [6.45, 7) is 6.55. The van der Waals surface area contributed by atoms with Gasteiger partial charge in [0.15, 0.2) is 12.3 Å². The van der Waals surface area contributed by atoms with Crippen LogP contribution in [0.2, 0.25) is 0 Å². The molecule has 0 bridgehead atoms. The van der Waals surface area contributed by atoms with Gasteiger partial charge in [-0.3, -0.25) is 9.59 Å². The molecule has 0 radical (unpaired) electrons. The third-order valence-corrected chi connectivity index (χ3v) is 4.14. The highest BCUT2D eigenvalue weighted by atomic mass is 16.6. The first-order chi connectivity index (χ1) is 12.3. The Labute approximate surface area is 154 Å². The van der Waals surface area contributed by atoms with Gasteiger partial charge in [0, 0.05) is 18.9 Å². The van der Waals surface area contributed by atoms with Crippen molar-refractivity contribution in [2.24, 2.45) is 5.41 Å². The van der Waals surface area contributed by atoms with Gasteiger partial charge in [-0.1, -0.05) is 56.3 Å². The van der Waals surface area contributed by atoms with Crippen molar-refractivity contribution in [2.75, 3.05) is 13.2 Å². The van der Waals surface area contributed by atoms with Crippen LogP contribution in [0, 0.1) is 5.41 Å². The van der Waals surface area contributed by atoms with E-state index in [0.717, 1.165) is 5.56 Å². The number of rotatable bonds is 8. The number of likely N-dealkylation sites (tertiary alicyclic amines) is 1. The van der Waals surface area contributed by atoms with Crippen molar-refractivity contribution in [1.82, 2.24) is 4.90 Å². The second-order valence-corrected chi connectivity index (χ2v) is 7.18. The molecule has 0 spiro atoms. The second-order valence-electron chi connectivity index (χ2n) is 7.18. The van der Waals surface area contributed by atoms with Gasteiger partial charge in [0.2, 0.25) is 5.91 Å². The van der Waals surface area contributed by atoms with Gasteiger partial charge in [-0.25, -0.2) is 0 Å². The topological polar surface area (TPSA) is 76.1 Å². The molecule has 1 aromatic carbocycles. The molecule has 6 heteroatoms. The summed E-state index contributed by atoms with van der Waals surface area (Å²) in [6, 6.07) is 9.92. The van der Waals surface area contributed by atoms with Gasteiger partial charge in [-0.05, 0) is 5.56 Å². The number of carbonyl (C=O) groups excluding carboxylic acids is 2. The van der Waals surface area contributed by atoms with Crippen LogP contribution < -0.4 is 0 Å². The maximum absolute atomic E-state index is 12.1. The SMILES string of the molecule is CC(=O)O[C@@H]1CC(=O)N(CC(C)(C)/C=C/COCc2ccccc2)C1O. The minimum absolute atomic E-state index is 0.0146. The average Bonchev–Trinajstić information content (AvgIpc) is 2.82. The Kier molecular flexibility index (Phi) is 6.94. The Balaban J connectivity index is 1.81. The quantitative estimate of drug-likeness (QED) is 0.437. The maximum Gasteiger partial charge on any atom is 0.303 e. The second kappa shape index (κ2) is 8.96. The molecule has 2 rings (SSSR count).